The summed E-state index contributed by atoms with van der Waals surface area (Å²) in [6, 6.07) is 7.59. The third kappa shape index (κ3) is 5.73. The predicted octanol–water partition coefficient (Wildman–Crippen LogP) is 2.46. The zero-order valence-corrected chi connectivity index (χ0v) is 15.3. The van der Waals surface area contributed by atoms with Gasteiger partial charge in [-0.2, -0.15) is 0 Å². The quantitative estimate of drug-likeness (QED) is 0.699. The molecule has 1 unspecified atom stereocenters. The predicted molar refractivity (Wildman–Crippen MR) is 101 cm³/mol. The highest BCUT2D eigenvalue weighted by molar-refractivity contribution is 5.95. The van der Waals surface area contributed by atoms with Gasteiger partial charge >= 0.3 is 0 Å². The first-order valence-electron chi connectivity index (χ1n) is 9.74. The summed E-state index contributed by atoms with van der Waals surface area (Å²) in [5.74, 6) is -0.110. The van der Waals surface area contributed by atoms with E-state index >= 15 is 0 Å². The Morgan fingerprint density at radius 3 is 2.69 bits per heavy atom. The van der Waals surface area contributed by atoms with Crippen LogP contribution in [0.4, 0.5) is 5.69 Å². The van der Waals surface area contributed by atoms with Crippen molar-refractivity contribution in [3.8, 4) is 0 Å². The Labute approximate surface area is 155 Å². The smallest absolute Gasteiger partial charge is 0.251 e. The summed E-state index contributed by atoms with van der Waals surface area (Å²) < 4.78 is 5.49. The van der Waals surface area contributed by atoms with E-state index in [1.807, 2.05) is 12.1 Å². The summed E-state index contributed by atoms with van der Waals surface area (Å²) in [6.07, 6.45) is 7.98. The van der Waals surface area contributed by atoms with Gasteiger partial charge in [0, 0.05) is 30.4 Å². The van der Waals surface area contributed by atoms with Crippen LogP contribution in [0.2, 0.25) is 0 Å². The van der Waals surface area contributed by atoms with E-state index in [0.717, 1.165) is 38.0 Å². The molecule has 6 heteroatoms. The fourth-order valence-electron chi connectivity index (χ4n) is 3.56. The standard InChI is InChI=1S/C20H29N3O3/c24-19(22-13-18-10-5-11-26-18)14-21-17-9-4-6-15(12-17)20(25)23-16-7-2-1-3-8-16/h4,6,9,12,16,18,21H,1-3,5,7-8,10-11,13-14H2,(H,22,24)(H,23,25). The highest BCUT2D eigenvalue weighted by Gasteiger charge is 2.17. The molecule has 3 rings (SSSR count). The minimum atomic E-state index is -0.0717. The van der Waals surface area contributed by atoms with E-state index in [0.29, 0.717) is 12.1 Å². The molecule has 1 heterocycles. The van der Waals surface area contributed by atoms with Gasteiger partial charge in [0.15, 0.2) is 0 Å². The summed E-state index contributed by atoms with van der Waals surface area (Å²) in [4.78, 5) is 24.4. The average molecular weight is 359 g/mol. The number of hydrogen-bond donors (Lipinski definition) is 3. The number of amides is 2. The number of rotatable bonds is 7. The van der Waals surface area contributed by atoms with E-state index in [-0.39, 0.29) is 30.5 Å². The number of anilines is 1. The lowest BCUT2D eigenvalue weighted by Gasteiger charge is -2.22. The van der Waals surface area contributed by atoms with Gasteiger partial charge in [0.2, 0.25) is 5.91 Å². The first-order valence-corrected chi connectivity index (χ1v) is 9.74. The van der Waals surface area contributed by atoms with Gasteiger partial charge in [0.05, 0.1) is 12.6 Å². The molecule has 0 aromatic heterocycles. The minimum Gasteiger partial charge on any atom is -0.376 e. The normalized spacial score (nSPS) is 20.5. The van der Waals surface area contributed by atoms with Crippen molar-refractivity contribution in [1.82, 2.24) is 10.6 Å². The monoisotopic (exact) mass is 359 g/mol. The zero-order valence-electron chi connectivity index (χ0n) is 15.3. The van der Waals surface area contributed by atoms with Crippen LogP contribution in [0.3, 0.4) is 0 Å². The van der Waals surface area contributed by atoms with Crippen molar-refractivity contribution in [3.63, 3.8) is 0 Å². The van der Waals surface area contributed by atoms with Crippen LogP contribution in [0.1, 0.15) is 55.3 Å². The molecule has 0 spiro atoms. The Hall–Kier alpha value is -2.08. The summed E-state index contributed by atoms with van der Waals surface area (Å²) in [6.45, 7) is 1.53. The summed E-state index contributed by atoms with van der Waals surface area (Å²) in [5.41, 5.74) is 1.40. The maximum absolute atomic E-state index is 12.4. The number of carbonyl (C=O) groups excluding carboxylic acids is 2. The zero-order chi connectivity index (χ0) is 18.2. The molecule has 1 aliphatic carbocycles. The van der Waals surface area contributed by atoms with Crippen molar-refractivity contribution < 1.29 is 14.3 Å². The van der Waals surface area contributed by atoms with Gasteiger partial charge < -0.3 is 20.7 Å². The minimum absolute atomic E-state index is 0.0385. The molecule has 2 fully saturated rings. The van der Waals surface area contributed by atoms with Gasteiger partial charge in [0.1, 0.15) is 0 Å². The van der Waals surface area contributed by atoms with Crippen LogP contribution >= 0.6 is 0 Å². The van der Waals surface area contributed by atoms with Gasteiger partial charge in [-0.15, -0.1) is 0 Å². The third-order valence-corrected chi connectivity index (χ3v) is 5.07. The Morgan fingerprint density at radius 2 is 1.92 bits per heavy atom. The van der Waals surface area contributed by atoms with E-state index in [1.54, 1.807) is 12.1 Å². The number of nitrogens with one attached hydrogen (secondary N) is 3. The first kappa shape index (κ1) is 18.7. The van der Waals surface area contributed by atoms with Gasteiger partial charge in [0.25, 0.3) is 5.91 Å². The molecule has 0 bridgehead atoms. The van der Waals surface area contributed by atoms with Crippen LogP contribution < -0.4 is 16.0 Å². The van der Waals surface area contributed by atoms with Gasteiger partial charge in [-0.1, -0.05) is 25.3 Å². The molecule has 1 aromatic rings. The Morgan fingerprint density at radius 1 is 1.08 bits per heavy atom. The average Bonchev–Trinajstić information content (AvgIpc) is 3.19. The van der Waals surface area contributed by atoms with Crippen molar-refractivity contribution in [2.45, 2.75) is 57.1 Å². The second-order valence-corrected chi connectivity index (χ2v) is 7.18. The van der Waals surface area contributed by atoms with E-state index in [1.165, 1.54) is 19.3 Å². The molecule has 26 heavy (non-hydrogen) atoms. The summed E-state index contributed by atoms with van der Waals surface area (Å²) in [7, 11) is 0. The van der Waals surface area contributed by atoms with Gasteiger partial charge in [-0.3, -0.25) is 9.59 Å². The fourth-order valence-corrected chi connectivity index (χ4v) is 3.56. The van der Waals surface area contributed by atoms with Crippen LogP contribution in [0, 0.1) is 0 Å². The van der Waals surface area contributed by atoms with Crippen molar-refractivity contribution in [1.29, 1.82) is 0 Å². The number of carbonyl (C=O) groups is 2. The lowest BCUT2D eigenvalue weighted by atomic mass is 9.95. The van der Waals surface area contributed by atoms with Crippen LogP contribution in [-0.4, -0.2) is 43.7 Å². The molecule has 1 aliphatic heterocycles. The molecule has 3 N–H and O–H groups in total. The van der Waals surface area contributed by atoms with Crippen LogP contribution in [0.5, 0.6) is 0 Å². The highest BCUT2D eigenvalue weighted by Crippen LogP contribution is 2.18. The van der Waals surface area contributed by atoms with Crippen molar-refractivity contribution >= 4 is 17.5 Å². The largest absolute Gasteiger partial charge is 0.376 e. The van der Waals surface area contributed by atoms with E-state index in [2.05, 4.69) is 16.0 Å². The summed E-state index contributed by atoms with van der Waals surface area (Å²) >= 11 is 0. The molecule has 1 saturated heterocycles. The molecule has 0 radical (unpaired) electrons. The Balaban J connectivity index is 1.44. The van der Waals surface area contributed by atoms with E-state index in [4.69, 9.17) is 4.74 Å². The first-order chi connectivity index (χ1) is 12.7. The second-order valence-electron chi connectivity index (χ2n) is 7.18. The Kier molecular flexibility index (Phi) is 6.89. The molecule has 2 amide bonds. The molecule has 142 valence electrons. The fraction of sp³-hybridized carbons (Fsp3) is 0.600. The molecule has 1 saturated carbocycles. The molecular formula is C20H29N3O3. The second kappa shape index (κ2) is 9.57. The topological polar surface area (TPSA) is 79.5 Å². The summed E-state index contributed by atoms with van der Waals surface area (Å²) in [5, 5.41) is 9.09. The lowest BCUT2D eigenvalue weighted by molar-refractivity contribution is -0.119. The maximum atomic E-state index is 12.4. The Bertz CT molecular complexity index is 608. The van der Waals surface area contributed by atoms with Crippen molar-refractivity contribution in [2.24, 2.45) is 0 Å². The van der Waals surface area contributed by atoms with Gasteiger partial charge in [-0.25, -0.2) is 0 Å². The molecule has 1 aromatic carbocycles. The van der Waals surface area contributed by atoms with Crippen molar-refractivity contribution in [3.05, 3.63) is 29.8 Å². The maximum Gasteiger partial charge on any atom is 0.251 e. The SMILES string of the molecule is O=C(CNc1cccc(C(=O)NC2CCCCC2)c1)NCC1CCCO1. The molecule has 2 aliphatic rings. The van der Waals surface area contributed by atoms with Crippen LogP contribution in [-0.2, 0) is 9.53 Å². The third-order valence-electron chi connectivity index (χ3n) is 5.07. The van der Waals surface area contributed by atoms with Crippen molar-refractivity contribution in [2.75, 3.05) is 25.0 Å². The lowest BCUT2D eigenvalue weighted by Crippen LogP contribution is -2.36. The van der Waals surface area contributed by atoms with E-state index < -0.39 is 0 Å². The van der Waals surface area contributed by atoms with Crippen LogP contribution in [0.15, 0.2) is 24.3 Å². The number of ether oxygens (including phenoxy) is 1. The van der Waals surface area contributed by atoms with Gasteiger partial charge in [-0.05, 0) is 43.9 Å². The number of hydrogen-bond acceptors (Lipinski definition) is 4. The molecular weight excluding hydrogens is 330 g/mol. The van der Waals surface area contributed by atoms with Crippen LogP contribution in [0.25, 0.3) is 0 Å². The molecule has 6 nitrogen and oxygen atoms in total. The highest BCUT2D eigenvalue weighted by atomic mass is 16.5. The van der Waals surface area contributed by atoms with E-state index in [9.17, 15) is 9.59 Å². The molecule has 1 atom stereocenters. The number of benzene rings is 1.